The topological polar surface area (TPSA) is 143 Å². The minimum Gasteiger partial charge on any atom is -2.00 e. The van der Waals surface area contributed by atoms with Crippen LogP contribution >= 0.6 is 0 Å². The fourth-order valence-corrected chi connectivity index (χ4v) is 1.90. The molecule has 0 spiro atoms. The van der Waals surface area contributed by atoms with E-state index < -0.39 is 5.90 Å². The fourth-order valence-electron chi connectivity index (χ4n) is 1.90. The number of benzene rings is 2. The van der Waals surface area contributed by atoms with Gasteiger partial charge in [-0.1, -0.05) is 37.3 Å². The van der Waals surface area contributed by atoms with Gasteiger partial charge in [-0.2, -0.15) is 17.3 Å². The molecule has 0 saturated heterocycles. The van der Waals surface area contributed by atoms with E-state index in [1.54, 1.807) is 13.0 Å². The molecule has 25 heavy (non-hydrogen) atoms. The molecule has 0 aliphatic carbocycles. The van der Waals surface area contributed by atoms with Crippen molar-refractivity contribution in [1.82, 2.24) is 0 Å². The normalized spacial score (nSPS) is 11.8. The van der Waals surface area contributed by atoms with E-state index in [9.17, 15) is 15.3 Å². The first-order valence-electron chi connectivity index (χ1n) is 6.75. The van der Waals surface area contributed by atoms with Gasteiger partial charge in [0.25, 0.3) is 0 Å². The van der Waals surface area contributed by atoms with Crippen molar-refractivity contribution >= 4 is 22.4 Å². The average molecular weight is 380 g/mol. The van der Waals surface area contributed by atoms with Gasteiger partial charge in [-0.05, 0) is 29.8 Å². The summed E-state index contributed by atoms with van der Waals surface area (Å²) < 4.78 is 0. The van der Waals surface area contributed by atoms with Gasteiger partial charge in [-0.15, -0.1) is 5.76 Å². The Bertz CT molecular complexity index is 769. The van der Waals surface area contributed by atoms with E-state index in [0.717, 1.165) is 17.9 Å². The summed E-state index contributed by atoms with van der Waals surface area (Å²) in [5.41, 5.74) is 0.407. The maximum atomic E-state index is 12.0. The number of hydrogen-bond acceptors (Lipinski definition) is 6. The van der Waals surface area contributed by atoms with Crippen LogP contribution in [0.25, 0.3) is 10.8 Å². The van der Waals surface area contributed by atoms with Gasteiger partial charge in [-0.25, -0.2) is 0 Å². The number of phenols is 1. The number of hydrogen-bond donors (Lipinski definition) is 1. The third kappa shape index (κ3) is 7.41. The van der Waals surface area contributed by atoms with Crippen molar-refractivity contribution in [3.05, 3.63) is 53.8 Å². The second-order valence-electron chi connectivity index (χ2n) is 4.62. The van der Waals surface area contributed by atoms with Crippen molar-refractivity contribution < 1.29 is 44.5 Å². The van der Waals surface area contributed by atoms with Gasteiger partial charge < -0.3 is 25.9 Å². The minimum atomic E-state index is -0.658. The van der Waals surface area contributed by atoms with Crippen LogP contribution < -0.4 is 15.3 Å². The number of fused-ring (bicyclic) bond motifs is 1. The summed E-state index contributed by atoms with van der Waals surface area (Å²) in [5.74, 6) is -0.979. The van der Waals surface area contributed by atoms with Gasteiger partial charge in [-0.3, -0.25) is 0 Å². The molecule has 0 amide bonds. The summed E-state index contributed by atoms with van der Waals surface area (Å²) in [6.07, 6.45) is 1.27. The maximum absolute atomic E-state index is 12.0. The van der Waals surface area contributed by atoms with Gasteiger partial charge in [0.1, 0.15) is 5.75 Å². The minimum absolute atomic E-state index is 0. The van der Waals surface area contributed by atoms with Gasteiger partial charge in [0.2, 0.25) is 0 Å². The molecule has 2 aromatic rings. The predicted octanol–water partition coefficient (Wildman–Crippen LogP) is 0.147. The van der Waals surface area contributed by atoms with Crippen molar-refractivity contribution in [3.8, 4) is 5.75 Å². The van der Waals surface area contributed by atoms with Crippen LogP contribution in [0.4, 0.5) is 0 Å². The largest absolute Gasteiger partial charge is 2.00 e. The van der Waals surface area contributed by atoms with Crippen molar-refractivity contribution in [2.45, 2.75) is 13.8 Å². The zero-order chi connectivity index (χ0) is 17.4. The Morgan fingerprint density at radius 3 is 2.04 bits per heavy atom. The van der Waals surface area contributed by atoms with Crippen LogP contribution in [0.2, 0.25) is 0 Å². The van der Waals surface area contributed by atoms with Gasteiger partial charge in [0.05, 0.1) is 5.71 Å². The Morgan fingerprint density at radius 2 is 1.52 bits per heavy atom. The monoisotopic (exact) mass is 380 g/mol. The third-order valence-electron chi connectivity index (χ3n) is 2.81. The molecule has 135 valence electrons. The first-order valence-corrected chi connectivity index (χ1v) is 6.75. The molecule has 0 aromatic heterocycles. The van der Waals surface area contributed by atoms with Crippen molar-refractivity contribution in [2.24, 2.45) is 10.2 Å². The van der Waals surface area contributed by atoms with Crippen LogP contribution in [0.15, 0.2) is 58.4 Å². The zero-order valence-corrected chi connectivity index (χ0v) is 15.4. The molecule has 0 bridgehead atoms. The van der Waals surface area contributed by atoms with E-state index >= 15 is 0 Å². The summed E-state index contributed by atoms with van der Waals surface area (Å²) in [5, 5.41) is 49.8. The second kappa shape index (κ2) is 12.1. The third-order valence-corrected chi connectivity index (χ3v) is 2.81. The molecule has 1 radical (unpaired) electrons. The number of allylic oxidation sites excluding steroid dienone is 2. The Hall–Kier alpha value is -2.32. The van der Waals surface area contributed by atoms with Crippen LogP contribution in [-0.4, -0.2) is 23.8 Å². The molecule has 7 nitrogen and oxygen atoms in total. The number of aromatic hydroxyl groups is 1. The molecular weight excluding hydrogens is 363 g/mol. The van der Waals surface area contributed by atoms with Crippen molar-refractivity contribution in [3.63, 3.8) is 0 Å². The number of nitrogens with zero attached hydrogens (tertiary/aromatic N) is 2. The van der Waals surface area contributed by atoms with E-state index in [2.05, 4.69) is 10.2 Å². The molecule has 0 fully saturated rings. The zero-order valence-electron chi connectivity index (χ0n) is 14.0. The van der Waals surface area contributed by atoms with E-state index in [1.165, 1.54) is 19.1 Å². The molecule has 8 heteroatoms. The molecular formula is C17H17N2O5V-5. The summed E-state index contributed by atoms with van der Waals surface area (Å²) in [7, 11) is 0.750. The van der Waals surface area contributed by atoms with E-state index in [0.29, 0.717) is 5.71 Å². The quantitative estimate of drug-likeness (QED) is 0.350. The standard InChI is InChI=1S/C16H16N2O3.CH3O.O.V/c1-10(7-11(2)19)17-18-16(21)14-8-12-5-3-4-6-13(12)9-15(14)20;1-2;;/h3-9,19-20H,1-2H3,(H,18,21);1H3;;/q;-1;-2;/p-2/b11-7-,17-10+;;;. The second-order valence-corrected chi connectivity index (χ2v) is 4.62. The van der Waals surface area contributed by atoms with Crippen LogP contribution in [-0.2, 0) is 24.0 Å². The van der Waals surface area contributed by atoms with E-state index in [4.69, 9.17) is 5.11 Å². The first kappa shape index (κ1) is 24.9. The van der Waals surface area contributed by atoms with E-state index in [-0.39, 0.29) is 41.1 Å². The Kier molecular flexibility index (Phi) is 12.1. The molecule has 0 atom stereocenters. The summed E-state index contributed by atoms with van der Waals surface area (Å²) in [6.45, 7) is 2.95. The van der Waals surface area contributed by atoms with Crippen molar-refractivity contribution in [2.75, 3.05) is 7.11 Å². The molecule has 0 unspecified atom stereocenters. The molecule has 2 aromatic carbocycles. The predicted molar refractivity (Wildman–Crippen MR) is 85.6 cm³/mol. The van der Waals surface area contributed by atoms with Gasteiger partial charge in [0.15, 0.2) is 0 Å². The maximum Gasteiger partial charge on any atom is 0.124 e. The smallest absolute Gasteiger partial charge is 0.124 e. The molecule has 0 saturated carbocycles. The van der Waals surface area contributed by atoms with Crippen LogP contribution in [0.3, 0.4) is 0 Å². The van der Waals surface area contributed by atoms with E-state index in [1.807, 2.05) is 24.3 Å². The number of phenolic OH excluding ortho intramolecular Hbond substituents is 1. The molecule has 0 heterocycles. The van der Waals surface area contributed by atoms with Crippen molar-refractivity contribution in [1.29, 1.82) is 0 Å². The summed E-state index contributed by atoms with van der Waals surface area (Å²) >= 11 is 0. The van der Waals surface area contributed by atoms with Crippen LogP contribution in [0.1, 0.15) is 19.4 Å². The average Bonchev–Trinajstić information content (AvgIpc) is 2.53. The summed E-state index contributed by atoms with van der Waals surface area (Å²) in [4.78, 5) is 0. The molecule has 0 aliphatic rings. The number of rotatable bonds is 3. The first-order chi connectivity index (χ1) is 11.0. The molecule has 2 rings (SSSR count). The van der Waals surface area contributed by atoms with Crippen LogP contribution in [0, 0.1) is 0 Å². The van der Waals surface area contributed by atoms with Gasteiger partial charge in [0, 0.05) is 30.0 Å². The molecule has 0 aliphatic heterocycles. The fraction of sp³-hybridized carbons (Fsp3) is 0.176. The van der Waals surface area contributed by atoms with Gasteiger partial charge >= 0.3 is 0 Å². The Labute approximate surface area is 157 Å². The Balaban J connectivity index is 0. The van der Waals surface area contributed by atoms with Crippen LogP contribution in [0.5, 0.6) is 5.75 Å². The molecule has 1 N–H and O–H groups in total. The SMILES string of the molecule is C/C([O-])=C/C(C)=N/N=C(\[O-])c1cc2ccccc2cc1O.C[O-].[O-2].[V]. The summed E-state index contributed by atoms with van der Waals surface area (Å²) in [6, 6.07) is 10.4. The Morgan fingerprint density at radius 1 is 1.00 bits per heavy atom.